The monoisotopic (exact) mass is 351 g/mol. The van der Waals surface area contributed by atoms with Gasteiger partial charge in [0, 0.05) is 5.70 Å². The first kappa shape index (κ1) is 16.0. The highest BCUT2D eigenvalue weighted by molar-refractivity contribution is 9.11. The highest BCUT2D eigenvalue weighted by Crippen LogP contribution is 2.40. The Hall–Kier alpha value is -1.42. The Kier molecular flexibility index (Phi) is 4.99. The minimum absolute atomic E-state index is 0.0822. The smallest absolute Gasteiger partial charge is 0.258 e. The number of halogens is 2. The van der Waals surface area contributed by atoms with E-state index in [2.05, 4.69) is 21.2 Å². The number of benzene rings is 1. The van der Waals surface area contributed by atoms with Crippen LogP contribution in [-0.2, 0) is 0 Å². The molecule has 0 saturated heterocycles. The van der Waals surface area contributed by atoms with E-state index < -0.39 is 11.7 Å². The van der Waals surface area contributed by atoms with Crippen molar-refractivity contribution in [2.45, 2.75) is 39.5 Å². The first-order chi connectivity index (χ1) is 9.93. The van der Waals surface area contributed by atoms with E-state index in [1.54, 1.807) is 12.1 Å². The van der Waals surface area contributed by atoms with E-state index in [0.29, 0.717) is 11.6 Å². The van der Waals surface area contributed by atoms with Crippen molar-refractivity contribution < 1.29 is 9.18 Å². The SMILES string of the molecule is C/C=C(NC(=O)c1ccc(C2CC2)cc1F)\C(C)=C(/C)Br. The summed E-state index contributed by atoms with van der Waals surface area (Å²) in [4.78, 5) is 12.2. The topological polar surface area (TPSA) is 29.1 Å². The van der Waals surface area contributed by atoms with Gasteiger partial charge in [0.15, 0.2) is 0 Å². The number of nitrogens with one attached hydrogen (secondary N) is 1. The number of allylic oxidation sites excluding steroid dienone is 3. The normalized spacial score (nSPS) is 16.5. The molecule has 0 bridgehead atoms. The Morgan fingerprint density at radius 2 is 2.05 bits per heavy atom. The van der Waals surface area contributed by atoms with Crippen LogP contribution in [0.1, 0.15) is 55.5 Å². The third-order valence-corrected chi connectivity index (χ3v) is 4.34. The van der Waals surface area contributed by atoms with Crippen molar-refractivity contribution in [3.63, 3.8) is 0 Å². The molecule has 0 unspecified atom stereocenters. The standard InChI is InChI=1S/C17H19BrFNO/c1-4-16(10(2)11(3)18)20-17(21)14-8-7-13(9-15(14)19)12-5-6-12/h4,7-9,12H,5-6H2,1-3H3,(H,20,21)/b11-10+,16-4+. The van der Waals surface area contributed by atoms with Gasteiger partial charge in [0.25, 0.3) is 5.91 Å². The van der Waals surface area contributed by atoms with Gasteiger partial charge in [-0.3, -0.25) is 4.79 Å². The molecular weight excluding hydrogens is 333 g/mol. The Balaban J connectivity index is 2.18. The molecule has 1 aliphatic carbocycles. The van der Waals surface area contributed by atoms with Crippen molar-refractivity contribution in [3.05, 3.63) is 57.0 Å². The summed E-state index contributed by atoms with van der Waals surface area (Å²) in [6.45, 7) is 5.63. The summed E-state index contributed by atoms with van der Waals surface area (Å²) < 4.78 is 15.0. The maximum Gasteiger partial charge on any atom is 0.258 e. The van der Waals surface area contributed by atoms with Crippen LogP contribution in [0.2, 0.25) is 0 Å². The molecule has 21 heavy (non-hydrogen) atoms. The van der Waals surface area contributed by atoms with Crippen LogP contribution in [0.25, 0.3) is 0 Å². The predicted octanol–water partition coefficient (Wildman–Crippen LogP) is 5.03. The lowest BCUT2D eigenvalue weighted by Crippen LogP contribution is -2.24. The second kappa shape index (κ2) is 6.56. The van der Waals surface area contributed by atoms with Gasteiger partial charge in [-0.1, -0.05) is 28.1 Å². The predicted molar refractivity (Wildman–Crippen MR) is 86.9 cm³/mol. The molecule has 1 aliphatic rings. The maximum absolute atomic E-state index is 14.1. The fraction of sp³-hybridized carbons (Fsp3) is 0.353. The summed E-state index contributed by atoms with van der Waals surface area (Å²) in [5.41, 5.74) is 2.67. The fourth-order valence-electron chi connectivity index (χ4n) is 2.14. The van der Waals surface area contributed by atoms with Crippen molar-refractivity contribution >= 4 is 21.8 Å². The van der Waals surface area contributed by atoms with E-state index in [4.69, 9.17) is 0 Å². The molecule has 1 aromatic rings. The van der Waals surface area contributed by atoms with Gasteiger partial charge in [-0.05, 0) is 67.3 Å². The van der Waals surface area contributed by atoms with Crippen molar-refractivity contribution in [1.29, 1.82) is 0 Å². The van der Waals surface area contributed by atoms with Gasteiger partial charge in [-0.2, -0.15) is 0 Å². The maximum atomic E-state index is 14.1. The lowest BCUT2D eigenvalue weighted by molar-refractivity contribution is 0.0962. The molecule has 2 nitrogen and oxygen atoms in total. The van der Waals surface area contributed by atoms with Crippen LogP contribution in [0.4, 0.5) is 4.39 Å². The second-order valence-corrected chi connectivity index (χ2v) is 6.52. The molecule has 0 atom stereocenters. The molecule has 0 radical (unpaired) electrons. The third-order valence-electron chi connectivity index (χ3n) is 3.74. The van der Waals surface area contributed by atoms with Gasteiger partial charge in [0.1, 0.15) is 5.82 Å². The Bertz CT molecular complexity index is 626. The first-order valence-electron chi connectivity index (χ1n) is 7.04. The largest absolute Gasteiger partial charge is 0.322 e. The molecule has 1 amide bonds. The zero-order valence-corrected chi connectivity index (χ0v) is 14.1. The number of hydrogen-bond acceptors (Lipinski definition) is 1. The number of rotatable bonds is 4. The van der Waals surface area contributed by atoms with E-state index in [-0.39, 0.29) is 5.56 Å². The average molecular weight is 352 g/mol. The second-order valence-electron chi connectivity index (χ2n) is 5.33. The van der Waals surface area contributed by atoms with Crippen molar-refractivity contribution in [2.75, 3.05) is 0 Å². The summed E-state index contributed by atoms with van der Waals surface area (Å²) in [5.74, 6) is -0.399. The summed E-state index contributed by atoms with van der Waals surface area (Å²) in [5, 5.41) is 2.76. The minimum Gasteiger partial charge on any atom is -0.322 e. The van der Waals surface area contributed by atoms with E-state index >= 15 is 0 Å². The van der Waals surface area contributed by atoms with Crippen LogP contribution in [0, 0.1) is 5.82 Å². The van der Waals surface area contributed by atoms with Gasteiger partial charge in [-0.15, -0.1) is 0 Å². The van der Waals surface area contributed by atoms with Crippen molar-refractivity contribution in [2.24, 2.45) is 0 Å². The van der Waals surface area contributed by atoms with Crippen LogP contribution in [0.5, 0.6) is 0 Å². The summed E-state index contributed by atoms with van der Waals surface area (Å²) >= 11 is 3.39. The average Bonchev–Trinajstić information content (AvgIpc) is 3.28. The quantitative estimate of drug-likeness (QED) is 0.757. The molecule has 4 heteroatoms. The lowest BCUT2D eigenvalue weighted by atomic mass is 10.1. The Morgan fingerprint density at radius 3 is 2.52 bits per heavy atom. The van der Waals surface area contributed by atoms with E-state index in [1.807, 2.05) is 26.8 Å². The van der Waals surface area contributed by atoms with Crippen LogP contribution in [-0.4, -0.2) is 5.91 Å². The molecule has 0 heterocycles. The summed E-state index contributed by atoms with van der Waals surface area (Å²) in [6, 6.07) is 4.91. The van der Waals surface area contributed by atoms with Crippen molar-refractivity contribution in [3.8, 4) is 0 Å². The van der Waals surface area contributed by atoms with E-state index in [1.165, 1.54) is 6.07 Å². The zero-order chi connectivity index (χ0) is 15.6. The highest BCUT2D eigenvalue weighted by Gasteiger charge is 2.25. The van der Waals surface area contributed by atoms with Crippen LogP contribution in [0.3, 0.4) is 0 Å². The van der Waals surface area contributed by atoms with E-state index in [0.717, 1.165) is 28.5 Å². The molecule has 0 spiro atoms. The van der Waals surface area contributed by atoms with Crippen LogP contribution >= 0.6 is 15.9 Å². The van der Waals surface area contributed by atoms with Crippen LogP contribution < -0.4 is 5.32 Å². The summed E-state index contributed by atoms with van der Waals surface area (Å²) in [6.07, 6.45) is 4.03. The number of carbonyl (C=O) groups is 1. The Morgan fingerprint density at radius 1 is 1.38 bits per heavy atom. The molecule has 1 aromatic carbocycles. The number of carbonyl (C=O) groups excluding carboxylic acids is 1. The number of hydrogen-bond donors (Lipinski definition) is 1. The van der Waals surface area contributed by atoms with Gasteiger partial charge >= 0.3 is 0 Å². The summed E-state index contributed by atoms with van der Waals surface area (Å²) in [7, 11) is 0. The highest BCUT2D eigenvalue weighted by atomic mass is 79.9. The molecule has 2 rings (SSSR count). The molecule has 0 aromatic heterocycles. The van der Waals surface area contributed by atoms with Crippen LogP contribution in [0.15, 0.2) is 40.0 Å². The third kappa shape index (κ3) is 3.82. The van der Waals surface area contributed by atoms with Gasteiger partial charge in [0.2, 0.25) is 0 Å². The van der Waals surface area contributed by atoms with Gasteiger partial charge in [0.05, 0.1) is 5.56 Å². The lowest BCUT2D eigenvalue weighted by Gasteiger charge is -2.12. The Labute approximate surface area is 133 Å². The number of amides is 1. The van der Waals surface area contributed by atoms with Gasteiger partial charge < -0.3 is 5.32 Å². The first-order valence-corrected chi connectivity index (χ1v) is 7.83. The zero-order valence-electron chi connectivity index (χ0n) is 12.5. The fourth-order valence-corrected chi connectivity index (χ4v) is 2.36. The van der Waals surface area contributed by atoms with Crippen molar-refractivity contribution in [1.82, 2.24) is 5.32 Å². The molecule has 1 saturated carbocycles. The molecule has 1 N–H and O–H groups in total. The molecule has 112 valence electrons. The molecule has 0 aliphatic heterocycles. The minimum atomic E-state index is -0.454. The molecular formula is C17H19BrFNO. The molecule has 1 fully saturated rings. The van der Waals surface area contributed by atoms with E-state index in [9.17, 15) is 9.18 Å². The van der Waals surface area contributed by atoms with Gasteiger partial charge in [-0.25, -0.2) is 4.39 Å².